The Morgan fingerprint density at radius 1 is 1.17 bits per heavy atom. The van der Waals surface area contributed by atoms with E-state index in [-0.39, 0.29) is 17.1 Å². The molecule has 1 aliphatic rings. The van der Waals surface area contributed by atoms with E-state index < -0.39 is 16.1 Å². The monoisotopic (exact) mass is 341 g/mol. The van der Waals surface area contributed by atoms with Gasteiger partial charge in [-0.3, -0.25) is 29.6 Å². The second-order valence-electron chi connectivity index (χ2n) is 4.93. The Labute approximate surface area is 141 Å². The van der Waals surface area contributed by atoms with Crippen LogP contribution >= 0.6 is 11.8 Å². The van der Waals surface area contributed by atoms with Gasteiger partial charge in [-0.2, -0.15) is 0 Å². The summed E-state index contributed by atoms with van der Waals surface area (Å²) in [5.41, 5.74) is 0.950. The van der Waals surface area contributed by atoms with E-state index >= 15 is 0 Å². The van der Waals surface area contributed by atoms with Gasteiger partial charge in [0.15, 0.2) is 0 Å². The van der Waals surface area contributed by atoms with Crippen molar-refractivity contribution in [2.75, 3.05) is 0 Å². The van der Waals surface area contributed by atoms with E-state index in [0.717, 1.165) is 22.2 Å². The van der Waals surface area contributed by atoms with Crippen molar-refractivity contribution in [2.24, 2.45) is 0 Å². The molecule has 2 heterocycles. The number of rotatable bonds is 4. The van der Waals surface area contributed by atoms with E-state index in [0.29, 0.717) is 5.56 Å². The molecule has 3 rings (SSSR count). The number of thioether (sulfide) groups is 1. The fourth-order valence-electron chi connectivity index (χ4n) is 2.24. The molecule has 2 aromatic rings. The van der Waals surface area contributed by atoms with Gasteiger partial charge >= 0.3 is 0 Å². The van der Waals surface area contributed by atoms with Crippen LogP contribution in [0.3, 0.4) is 0 Å². The molecular weight excluding hydrogens is 330 g/mol. The van der Waals surface area contributed by atoms with Gasteiger partial charge in [-0.05, 0) is 35.5 Å². The van der Waals surface area contributed by atoms with Gasteiger partial charge in [-0.1, -0.05) is 18.2 Å². The Hall–Kier alpha value is -3.00. The fraction of sp³-hybridized carbons (Fsp3) is 0.0625. The van der Waals surface area contributed by atoms with E-state index in [9.17, 15) is 19.7 Å². The van der Waals surface area contributed by atoms with Gasteiger partial charge in [-0.15, -0.1) is 0 Å². The number of imide groups is 1. The lowest BCUT2D eigenvalue weighted by atomic mass is 10.1. The van der Waals surface area contributed by atoms with Crippen LogP contribution in [0.25, 0.3) is 6.08 Å². The number of carbonyl (C=O) groups is 2. The minimum atomic E-state index is -0.527. The number of hydrogen-bond acceptors (Lipinski definition) is 6. The van der Waals surface area contributed by atoms with Crippen LogP contribution in [0.2, 0.25) is 0 Å². The lowest BCUT2D eigenvalue weighted by molar-refractivity contribution is -0.385. The Kier molecular flexibility index (Phi) is 4.39. The zero-order valence-electron chi connectivity index (χ0n) is 12.3. The van der Waals surface area contributed by atoms with Crippen molar-refractivity contribution in [3.05, 3.63) is 74.9 Å². The molecule has 0 bridgehead atoms. The molecule has 1 aromatic heterocycles. The lowest BCUT2D eigenvalue weighted by Gasteiger charge is -2.12. The fourth-order valence-corrected chi connectivity index (χ4v) is 3.08. The minimum Gasteiger partial charge on any atom is -0.268 e. The first-order valence-corrected chi connectivity index (χ1v) is 7.75. The van der Waals surface area contributed by atoms with Gasteiger partial charge in [0, 0.05) is 24.0 Å². The molecule has 1 saturated heterocycles. The first-order chi connectivity index (χ1) is 11.6. The normalized spacial score (nSPS) is 16.0. The van der Waals surface area contributed by atoms with Gasteiger partial charge < -0.3 is 0 Å². The molecule has 0 aliphatic carbocycles. The molecule has 0 atom stereocenters. The smallest absolute Gasteiger partial charge is 0.268 e. The number of benzene rings is 1. The summed E-state index contributed by atoms with van der Waals surface area (Å²) >= 11 is 0.818. The van der Waals surface area contributed by atoms with Crippen LogP contribution in [0.15, 0.2) is 53.7 Å². The highest BCUT2D eigenvalue weighted by molar-refractivity contribution is 8.18. The van der Waals surface area contributed by atoms with Crippen LogP contribution in [0.1, 0.15) is 11.1 Å². The molecule has 0 radical (unpaired) electrons. The summed E-state index contributed by atoms with van der Waals surface area (Å²) in [5, 5.41) is 10.6. The highest BCUT2D eigenvalue weighted by Crippen LogP contribution is 2.34. The predicted octanol–water partition coefficient (Wildman–Crippen LogP) is 3.23. The molecule has 0 unspecified atom stereocenters. The summed E-state index contributed by atoms with van der Waals surface area (Å²) in [6.07, 6.45) is 4.78. The minimum absolute atomic E-state index is 0.116. The molecule has 120 valence electrons. The van der Waals surface area contributed by atoms with E-state index in [2.05, 4.69) is 4.98 Å². The van der Waals surface area contributed by atoms with Crippen LogP contribution in [-0.4, -0.2) is 26.0 Å². The molecule has 1 fully saturated rings. The van der Waals surface area contributed by atoms with Crippen molar-refractivity contribution >= 4 is 34.7 Å². The number of aromatic nitrogens is 1. The summed E-state index contributed by atoms with van der Waals surface area (Å²) in [6.45, 7) is -0.129. The maximum atomic E-state index is 12.4. The second kappa shape index (κ2) is 6.63. The van der Waals surface area contributed by atoms with Crippen molar-refractivity contribution in [3.63, 3.8) is 0 Å². The van der Waals surface area contributed by atoms with Crippen LogP contribution in [0.4, 0.5) is 10.5 Å². The maximum absolute atomic E-state index is 12.4. The van der Waals surface area contributed by atoms with Crippen LogP contribution < -0.4 is 0 Å². The van der Waals surface area contributed by atoms with E-state index in [1.807, 2.05) is 0 Å². The van der Waals surface area contributed by atoms with Gasteiger partial charge in [0.1, 0.15) is 0 Å². The molecule has 2 amide bonds. The topological polar surface area (TPSA) is 93.4 Å². The van der Waals surface area contributed by atoms with Gasteiger partial charge in [0.2, 0.25) is 0 Å². The molecular formula is C16H11N3O4S. The summed E-state index contributed by atoms with van der Waals surface area (Å²) in [6, 6.07) is 9.49. The molecule has 0 N–H and O–H groups in total. The first-order valence-electron chi connectivity index (χ1n) is 6.94. The van der Waals surface area contributed by atoms with Crippen molar-refractivity contribution in [1.82, 2.24) is 9.88 Å². The number of nitro benzene ring substituents is 1. The Balaban J connectivity index is 1.86. The Morgan fingerprint density at radius 2 is 1.88 bits per heavy atom. The highest BCUT2D eigenvalue weighted by atomic mass is 32.2. The first kappa shape index (κ1) is 15.9. The number of nitro groups is 1. The zero-order chi connectivity index (χ0) is 17.1. The van der Waals surface area contributed by atoms with Gasteiger partial charge in [0.25, 0.3) is 16.8 Å². The number of nitrogens with zero attached hydrogens (tertiary/aromatic N) is 3. The number of para-hydroxylation sites is 1. The summed E-state index contributed by atoms with van der Waals surface area (Å²) in [5.74, 6) is -0.458. The van der Waals surface area contributed by atoms with Crippen LogP contribution in [0, 0.1) is 10.1 Å². The molecule has 0 saturated carbocycles. The number of hydrogen-bond donors (Lipinski definition) is 0. The quantitative estimate of drug-likeness (QED) is 0.481. The molecule has 0 spiro atoms. The third-order valence-electron chi connectivity index (χ3n) is 3.39. The number of carbonyl (C=O) groups excluding carboxylic acids is 2. The average Bonchev–Trinajstić information content (AvgIpc) is 2.84. The number of pyridine rings is 1. The van der Waals surface area contributed by atoms with Gasteiger partial charge in [-0.25, -0.2) is 0 Å². The SMILES string of the molecule is O=C1S/C(=C\c2ccncc2)C(=O)N1Cc1ccccc1[N+](=O)[O-]. The lowest BCUT2D eigenvalue weighted by Crippen LogP contribution is -2.27. The standard InChI is InChI=1S/C16H11N3O4S/c20-15-14(9-11-5-7-17-8-6-11)24-16(21)18(15)10-12-3-1-2-4-13(12)19(22)23/h1-9H,10H2/b14-9-. The molecule has 24 heavy (non-hydrogen) atoms. The average molecular weight is 341 g/mol. The predicted molar refractivity (Wildman–Crippen MR) is 88.8 cm³/mol. The summed E-state index contributed by atoms with van der Waals surface area (Å²) < 4.78 is 0. The third-order valence-corrected chi connectivity index (χ3v) is 4.30. The van der Waals surface area contributed by atoms with Crippen molar-refractivity contribution < 1.29 is 14.5 Å². The van der Waals surface area contributed by atoms with Crippen molar-refractivity contribution in [3.8, 4) is 0 Å². The largest absolute Gasteiger partial charge is 0.293 e. The van der Waals surface area contributed by atoms with E-state index in [1.165, 1.54) is 12.1 Å². The summed E-state index contributed by atoms with van der Waals surface area (Å²) in [7, 11) is 0. The van der Waals surface area contributed by atoms with Crippen molar-refractivity contribution in [2.45, 2.75) is 6.54 Å². The molecule has 1 aliphatic heterocycles. The summed E-state index contributed by atoms with van der Waals surface area (Å²) in [4.78, 5) is 40.3. The molecule has 8 heteroatoms. The van der Waals surface area contributed by atoms with Crippen LogP contribution in [-0.2, 0) is 11.3 Å². The van der Waals surface area contributed by atoms with Crippen LogP contribution in [0.5, 0.6) is 0 Å². The molecule has 7 nitrogen and oxygen atoms in total. The van der Waals surface area contributed by atoms with E-state index in [4.69, 9.17) is 0 Å². The Bertz CT molecular complexity index is 851. The third kappa shape index (κ3) is 3.18. The molecule has 1 aromatic carbocycles. The van der Waals surface area contributed by atoms with Gasteiger partial charge in [0.05, 0.1) is 16.4 Å². The Morgan fingerprint density at radius 3 is 2.58 bits per heavy atom. The number of amides is 2. The van der Waals surface area contributed by atoms with Crippen molar-refractivity contribution in [1.29, 1.82) is 0 Å². The zero-order valence-corrected chi connectivity index (χ0v) is 13.1. The highest BCUT2D eigenvalue weighted by Gasteiger charge is 2.36. The second-order valence-corrected chi connectivity index (χ2v) is 5.93. The van der Waals surface area contributed by atoms with E-state index in [1.54, 1.807) is 42.7 Å². The maximum Gasteiger partial charge on any atom is 0.293 e.